The molecule has 0 aromatic carbocycles. The molecule has 0 spiro atoms. The number of nitrogens with zero attached hydrogens (tertiary/aromatic N) is 2. The van der Waals surface area contributed by atoms with Gasteiger partial charge in [0.15, 0.2) is 0 Å². The summed E-state index contributed by atoms with van der Waals surface area (Å²) in [6.45, 7) is 1.40. The van der Waals surface area contributed by atoms with Crippen LogP contribution in [0.15, 0.2) is 12.5 Å². The van der Waals surface area contributed by atoms with Crippen molar-refractivity contribution in [1.29, 1.82) is 0 Å². The summed E-state index contributed by atoms with van der Waals surface area (Å²) in [5, 5.41) is 30.0. The van der Waals surface area contributed by atoms with E-state index >= 15 is 0 Å². The van der Waals surface area contributed by atoms with Crippen LogP contribution in [-0.2, 0) is 6.54 Å². The van der Waals surface area contributed by atoms with Gasteiger partial charge in [-0.3, -0.25) is 0 Å². The van der Waals surface area contributed by atoms with Crippen molar-refractivity contribution in [1.82, 2.24) is 15.3 Å². The molecule has 7 nitrogen and oxygen atoms in total. The molecule has 0 fully saturated rings. The topological polar surface area (TPSA) is 116 Å². The molecule has 0 radical (unpaired) electrons. The summed E-state index contributed by atoms with van der Waals surface area (Å²) in [5.41, 5.74) is -0.888. The molecule has 1 rings (SSSR count). The number of rotatable bonds is 6. The van der Waals surface area contributed by atoms with Crippen molar-refractivity contribution in [3.8, 4) is 0 Å². The Bertz CT molecular complexity index is 395. The number of hydrogen-bond donors (Lipinski definition) is 4. The Morgan fingerprint density at radius 1 is 1.59 bits per heavy atom. The van der Waals surface area contributed by atoms with Crippen molar-refractivity contribution < 1.29 is 20.1 Å². The summed E-state index contributed by atoms with van der Waals surface area (Å²) >= 11 is 0. The van der Waals surface area contributed by atoms with Gasteiger partial charge in [0.1, 0.15) is 11.9 Å². The van der Waals surface area contributed by atoms with E-state index in [1.54, 1.807) is 0 Å². The molecule has 0 aliphatic rings. The Kier molecular flexibility index (Phi) is 4.50. The van der Waals surface area contributed by atoms with E-state index in [0.717, 1.165) is 0 Å². The summed E-state index contributed by atoms with van der Waals surface area (Å²) in [6, 6.07) is 0. The molecule has 0 saturated carbocycles. The lowest BCUT2D eigenvalue weighted by atomic mass is 10.1. The van der Waals surface area contributed by atoms with Crippen LogP contribution in [0.3, 0.4) is 0 Å². The SMILES string of the molecule is CC(O)(CO)CNCc1ncncc1C(=O)O. The molecule has 1 aromatic heterocycles. The molecule has 1 heterocycles. The van der Waals surface area contributed by atoms with Crippen LogP contribution >= 0.6 is 0 Å². The number of carboxylic acids is 1. The molecule has 1 atom stereocenters. The summed E-state index contributed by atoms with van der Waals surface area (Å²) in [4.78, 5) is 18.3. The van der Waals surface area contributed by atoms with Gasteiger partial charge in [-0.1, -0.05) is 0 Å². The molecule has 1 aromatic rings. The highest BCUT2D eigenvalue weighted by molar-refractivity contribution is 5.88. The molecular weight excluding hydrogens is 226 g/mol. The van der Waals surface area contributed by atoms with Crippen LogP contribution < -0.4 is 5.32 Å². The summed E-state index contributed by atoms with van der Waals surface area (Å²) in [6.07, 6.45) is 2.48. The summed E-state index contributed by atoms with van der Waals surface area (Å²) in [5.74, 6) is -1.10. The first-order valence-electron chi connectivity index (χ1n) is 5.02. The number of aliphatic hydroxyl groups is 2. The Balaban J connectivity index is 2.61. The standard InChI is InChI=1S/C10H15N3O4/c1-10(17,5-14)4-11-3-8-7(9(15)16)2-12-6-13-8/h2,6,11,14,17H,3-5H2,1H3,(H,15,16). The van der Waals surface area contributed by atoms with E-state index in [2.05, 4.69) is 15.3 Å². The van der Waals surface area contributed by atoms with Gasteiger partial charge in [-0.05, 0) is 6.92 Å². The van der Waals surface area contributed by atoms with E-state index in [4.69, 9.17) is 10.2 Å². The lowest BCUT2D eigenvalue weighted by Crippen LogP contribution is -2.40. The highest BCUT2D eigenvalue weighted by Gasteiger charge is 2.19. The normalized spacial score (nSPS) is 14.3. The second kappa shape index (κ2) is 5.67. The van der Waals surface area contributed by atoms with Crippen molar-refractivity contribution in [3.63, 3.8) is 0 Å². The van der Waals surface area contributed by atoms with Crippen LogP contribution in [0.1, 0.15) is 23.0 Å². The molecule has 0 saturated heterocycles. The lowest BCUT2D eigenvalue weighted by molar-refractivity contribution is 0.00247. The molecule has 0 amide bonds. The maximum absolute atomic E-state index is 10.8. The Hall–Kier alpha value is -1.57. The number of aliphatic hydroxyl groups excluding tert-OH is 1. The minimum Gasteiger partial charge on any atom is -0.478 e. The third-order valence-corrected chi connectivity index (χ3v) is 2.16. The second-order valence-electron chi connectivity index (χ2n) is 3.95. The first-order chi connectivity index (χ1) is 7.96. The monoisotopic (exact) mass is 241 g/mol. The molecule has 1 unspecified atom stereocenters. The fourth-order valence-electron chi connectivity index (χ4n) is 1.18. The molecule has 17 heavy (non-hydrogen) atoms. The van der Waals surface area contributed by atoms with Crippen molar-refractivity contribution in [3.05, 3.63) is 23.8 Å². The van der Waals surface area contributed by atoms with Crippen LogP contribution in [-0.4, -0.2) is 50.0 Å². The Morgan fingerprint density at radius 3 is 2.88 bits per heavy atom. The minimum absolute atomic E-state index is 0.0173. The number of hydrogen-bond acceptors (Lipinski definition) is 6. The van der Waals surface area contributed by atoms with Gasteiger partial charge in [0.25, 0.3) is 0 Å². The largest absolute Gasteiger partial charge is 0.478 e. The van der Waals surface area contributed by atoms with Gasteiger partial charge in [-0.15, -0.1) is 0 Å². The fourth-order valence-corrected chi connectivity index (χ4v) is 1.18. The van der Waals surface area contributed by atoms with Crippen LogP contribution in [0.4, 0.5) is 0 Å². The summed E-state index contributed by atoms with van der Waals surface area (Å²) < 4.78 is 0. The first-order valence-corrected chi connectivity index (χ1v) is 5.02. The minimum atomic E-state index is -1.24. The second-order valence-corrected chi connectivity index (χ2v) is 3.95. The number of aromatic carboxylic acids is 1. The molecule has 0 bridgehead atoms. The smallest absolute Gasteiger partial charge is 0.339 e. The maximum Gasteiger partial charge on any atom is 0.339 e. The van der Waals surface area contributed by atoms with Gasteiger partial charge in [0.05, 0.1) is 17.9 Å². The molecule has 7 heteroatoms. The molecule has 0 aliphatic carbocycles. The number of nitrogens with one attached hydrogen (secondary N) is 1. The van der Waals surface area contributed by atoms with E-state index in [-0.39, 0.29) is 25.3 Å². The van der Waals surface area contributed by atoms with Crippen molar-refractivity contribution in [2.75, 3.05) is 13.2 Å². The van der Waals surface area contributed by atoms with Crippen LogP contribution in [0, 0.1) is 0 Å². The molecule has 94 valence electrons. The van der Waals surface area contributed by atoms with Gasteiger partial charge in [0.2, 0.25) is 0 Å². The van der Waals surface area contributed by atoms with Gasteiger partial charge < -0.3 is 20.6 Å². The van der Waals surface area contributed by atoms with Crippen molar-refractivity contribution >= 4 is 5.97 Å². The van der Waals surface area contributed by atoms with Crippen LogP contribution in [0.5, 0.6) is 0 Å². The van der Waals surface area contributed by atoms with Crippen molar-refractivity contribution in [2.45, 2.75) is 19.1 Å². The quantitative estimate of drug-likeness (QED) is 0.505. The van der Waals surface area contributed by atoms with Crippen molar-refractivity contribution in [2.24, 2.45) is 0 Å². The highest BCUT2D eigenvalue weighted by atomic mass is 16.4. The van der Waals surface area contributed by atoms with Gasteiger partial charge in [-0.2, -0.15) is 0 Å². The molecule has 4 N–H and O–H groups in total. The van der Waals surface area contributed by atoms with Gasteiger partial charge >= 0.3 is 5.97 Å². The van der Waals surface area contributed by atoms with E-state index in [1.807, 2.05) is 0 Å². The third-order valence-electron chi connectivity index (χ3n) is 2.16. The van der Waals surface area contributed by atoms with Gasteiger partial charge in [-0.25, -0.2) is 14.8 Å². The average Bonchev–Trinajstić information content (AvgIpc) is 2.29. The number of aromatic nitrogens is 2. The first kappa shape index (κ1) is 13.5. The predicted molar refractivity (Wildman–Crippen MR) is 58.4 cm³/mol. The van der Waals surface area contributed by atoms with E-state index in [0.29, 0.717) is 5.69 Å². The van der Waals surface area contributed by atoms with Crippen LogP contribution in [0.2, 0.25) is 0 Å². The lowest BCUT2D eigenvalue weighted by Gasteiger charge is -2.20. The van der Waals surface area contributed by atoms with E-state index in [1.165, 1.54) is 19.4 Å². The van der Waals surface area contributed by atoms with E-state index < -0.39 is 11.6 Å². The number of carbonyl (C=O) groups is 1. The fraction of sp³-hybridized carbons (Fsp3) is 0.500. The molecule has 0 aliphatic heterocycles. The van der Waals surface area contributed by atoms with Gasteiger partial charge in [0, 0.05) is 19.3 Å². The predicted octanol–water partition coefficient (Wildman–Crippen LogP) is -0.992. The van der Waals surface area contributed by atoms with E-state index in [9.17, 15) is 9.90 Å². The zero-order valence-corrected chi connectivity index (χ0v) is 9.42. The number of carboxylic acid groups (broad SMARTS) is 1. The zero-order valence-electron chi connectivity index (χ0n) is 9.42. The Morgan fingerprint density at radius 2 is 2.29 bits per heavy atom. The van der Waals surface area contributed by atoms with Crippen LogP contribution in [0.25, 0.3) is 0 Å². The molecular formula is C10H15N3O4. The average molecular weight is 241 g/mol. The third kappa shape index (κ3) is 4.06. The maximum atomic E-state index is 10.8. The highest BCUT2D eigenvalue weighted by Crippen LogP contribution is 2.04. The zero-order chi connectivity index (χ0) is 12.9. The Labute approximate surface area is 98.2 Å². The summed E-state index contributed by atoms with van der Waals surface area (Å²) in [7, 11) is 0.